The predicted molar refractivity (Wildman–Crippen MR) is 140 cm³/mol. The van der Waals surface area contributed by atoms with E-state index in [2.05, 4.69) is 5.32 Å². The molecule has 0 spiro atoms. The van der Waals surface area contributed by atoms with E-state index in [4.69, 9.17) is 0 Å². The van der Waals surface area contributed by atoms with Crippen LogP contribution in [0.1, 0.15) is 28.4 Å². The van der Waals surface area contributed by atoms with E-state index < -0.39 is 28.9 Å². The first-order valence-electron chi connectivity index (χ1n) is 11.9. The predicted octanol–water partition coefficient (Wildman–Crippen LogP) is 5.10. The summed E-state index contributed by atoms with van der Waals surface area (Å²) in [6.07, 6.45) is 0. The topological polar surface area (TPSA) is 61.0 Å². The van der Waals surface area contributed by atoms with Gasteiger partial charge in [0, 0.05) is 25.2 Å². The molecule has 0 unspecified atom stereocenters. The van der Waals surface area contributed by atoms with E-state index in [1.54, 1.807) is 43.4 Å². The highest BCUT2D eigenvalue weighted by molar-refractivity contribution is 5.99. The molecule has 1 N–H and O–H groups in total. The Hall–Kier alpha value is -4.46. The van der Waals surface area contributed by atoms with Gasteiger partial charge in [0.1, 0.15) is 11.6 Å². The van der Waals surface area contributed by atoms with Crippen molar-refractivity contribution >= 4 is 16.6 Å². The van der Waals surface area contributed by atoms with Gasteiger partial charge < -0.3 is 9.88 Å². The van der Waals surface area contributed by atoms with Crippen molar-refractivity contribution in [3.05, 3.63) is 116 Å². The van der Waals surface area contributed by atoms with Crippen LogP contribution in [-0.4, -0.2) is 13.7 Å². The Morgan fingerprint density at radius 2 is 1.49 bits per heavy atom. The summed E-state index contributed by atoms with van der Waals surface area (Å²) < 4.78 is 34.9. The third kappa shape index (κ3) is 3.15. The number of fused-ring (bicyclic) bond motifs is 5. The van der Waals surface area contributed by atoms with Crippen molar-refractivity contribution in [1.29, 1.82) is 0 Å². The van der Waals surface area contributed by atoms with Crippen molar-refractivity contribution in [2.75, 3.05) is 5.32 Å². The van der Waals surface area contributed by atoms with Crippen LogP contribution in [-0.2, 0) is 14.1 Å². The zero-order valence-corrected chi connectivity index (χ0v) is 20.8. The van der Waals surface area contributed by atoms with Crippen LogP contribution < -0.4 is 16.6 Å². The van der Waals surface area contributed by atoms with E-state index >= 15 is 8.78 Å². The monoisotopic (exact) mass is 498 g/mol. The molecule has 186 valence electrons. The van der Waals surface area contributed by atoms with Gasteiger partial charge in [0.2, 0.25) is 0 Å². The lowest BCUT2D eigenvalue weighted by molar-refractivity contribution is 0.599. The molecule has 1 atom stereocenters. The van der Waals surface area contributed by atoms with Crippen molar-refractivity contribution in [2.24, 2.45) is 14.1 Å². The Balaban J connectivity index is 1.91. The molecule has 0 bridgehead atoms. The summed E-state index contributed by atoms with van der Waals surface area (Å²) in [6, 6.07) is 15.8. The molecular formula is C29H24F2N4O2. The first-order chi connectivity index (χ1) is 17.7. The van der Waals surface area contributed by atoms with Crippen LogP contribution in [0.3, 0.4) is 0 Å². The van der Waals surface area contributed by atoms with Crippen LogP contribution in [0.25, 0.3) is 27.8 Å². The molecule has 6 nitrogen and oxygen atoms in total. The lowest BCUT2D eigenvalue weighted by atomic mass is 9.97. The molecular weight excluding hydrogens is 474 g/mol. The summed E-state index contributed by atoms with van der Waals surface area (Å²) in [5.74, 6) is -0.943. The summed E-state index contributed by atoms with van der Waals surface area (Å²) in [5.41, 5.74) is 4.06. The molecule has 0 aliphatic carbocycles. The third-order valence-corrected chi connectivity index (χ3v) is 7.38. The normalized spacial score (nSPS) is 14.4. The minimum absolute atomic E-state index is 0.193. The number of aromatic nitrogens is 3. The minimum Gasteiger partial charge on any atom is -0.371 e. The second-order valence-electron chi connectivity index (χ2n) is 9.53. The summed E-state index contributed by atoms with van der Waals surface area (Å²) in [4.78, 5) is 26.8. The lowest BCUT2D eigenvalue weighted by Crippen LogP contribution is -2.37. The zero-order valence-electron chi connectivity index (χ0n) is 20.8. The van der Waals surface area contributed by atoms with Gasteiger partial charge in [-0.25, -0.2) is 13.6 Å². The largest absolute Gasteiger partial charge is 0.371 e. The van der Waals surface area contributed by atoms with E-state index in [1.807, 2.05) is 30.5 Å². The number of nitrogens with zero attached hydrogens (tertiary/aromatic N) is 3. The maximum Gasteiger partial charge on any atom is 0.331 e. The van der Waals surface area contributed by atoms with E-state index in [9.17, 15) is 9.59 Å². The molecule has 3 aromatic carbocycles. The van der Waals surface area contributed by atoms with Gasteiger partial charge in [-0.05, 0) is 55.3 Å². The fourth-order valence-corrected chi connectivity index (χ4v) is 5.38. The standard InChI is InChI=1S/C29H24F2N4O2/c1-15-13-21-22(14-16(15)2)35-25(18-10-6-8-12-20(18)31)23-26(33(3)29(37)34(4)28(23)36)27(35)24(32-21)17-9-5-7-11-19(17)30/h5-14,24,32H,1-4H3/t24-/m1/s1. The van der Waals surface area contributed by atoms with Crippen molar-refractivity contribution < 1.29 is 8.78 Å². The highest BCUT2D eigenvalue weighted by Gasteiger charge is 2.36. The van der Waals surface area contributed by atoms with Gasteiger partial charge in [0.05, 0.1) is 39.7 Å². The van der Waals surface area contributed by atoms with Gasteiger partial charge in [-0.15, -0.1) is 0 Å². The Morgan fingerprint density at radius 1 is 0.838 bits per heavy atom. The van der Waals surface area contributed by atoms with Crippen LogP contribution in [0, 0.1) is 25.5 Å². The minimum atomic E-state index is -0.753. The second-order valence-corrected chi connectivity index (χ2v) is 9.53. The summed E-state index contributed by atoms with van der Waals surface area (Å²) in [5, 5.41) is 3.65. The Morgan fingerprint density at radius 3 is 2.19 bits per heavy atom. The number of hydrogen-bond donors (Lipinski definition) is 1. The summed E-state index contributed by atoms with van der Waals surface area (Å²) in [7, 11) is 2.98. The second kappa shape index (κ2) is 8.03. The lowest BCUT2D eigenvalue weighted by Gasteiger charge is -2.32. The molecule has 1 aliphatic rings. The number of hydrogen-bond acceptors (Lipinski definition) is 3. The molecule has 3 heterocycles. The van der Waals surface area contributed by atoms with E-state index in [1.165, 1.54) is 23.7 Å². The van der Waals surface area contributed by atoms with Crippen LogP contribution in [0.4, 0.5) is 14.5 Å². The maximum absolute atomic E-state index is 15.4. The summed E-state index contributed by atoms with van der Waals surface area (Å²) in [6.45, 7) is 3.95. The van der Waals surface area contributed by atoms with Crippen LogP contribution in [0.2, 0.25) is 0 Å². The molecule has 0 saturated carbocycles. The Labute approximate surface area is 211 Å². The van der Waals surface area contributed by atoms with E-state index in [0.717, 1.165) is 15.7 Å². The number of rotatable bonds is 2. The fourth-order valence-electron chi connectivity index (χ4n) is 5.38. The van der Waals surface area contributed by atoms with Gasteiger partial charge in [0.25, 0.3) is 5.56 Å². The number of nitrogens with one attached hydrogen (secondary N) is 1. The van der Waals surface area contributed by atoms with E-state index in [0.29, 0.717) is 33.8 Å². The molecule has 8 heteroatoms. The number of aryl methyl sites for hydroxylation is 3. The van der Waals surface area contributed by atoms with Crippen molar-refractivity contribution in [3.8, 4) is 16.9 Å². The smallest absolute Gasteiger partial charge is 0.331 e. The highest BCUT2D eigenvalue weighted by atomic mass is 19.1. The van der Waals surface area contributed by atoms with Crippen molar-refractivity contribution in [2.45, 2.75) is 19.9 Å². The molecule has 6 rings (SSSR count). The molecule has 0 amide bonds. The SMILES string of the molecule is Cc1cc2c(cc1C)-n1c(-c3ccccc3F)c3c(=O)n(C)c(=O)n(C)c3c1[C@@H](c1ccccc1F)N2. The van der Waals surface area contributed by atoms with Crippen LogP contribution in [0.15, 0.2) is 70.3 Å². The average Bonchev–Trinajstić information content (AvgIpc) is 3.24. The first kappa shape index (κ1) is 23.0. The first-order valence-corrected chi connectivity index (χ1v) is 11.9. The average molecular weight is 499 g/mol. The number of anilines is 1. The van der Waals surface area contributed by atoms with Gasteiger partial charge >= 0.3 is 5.69 Å². The van der Waals surface area contributed by atoms with Gasteiger partial charge in [-0.2, -0.15) is 0 Å². The number of benzene rings is 3. The third-order valence-electron chi connectivity index (χ3n) is 7.38. The molecule has 0 fully saturated rings. The van der Waals surface area contributed by atoms with Gasteiger partial charge in [-0.3, -0.25) is 13.9 Å². The highest BCUT2D eigenvalue weighted by Crippen LogP contribution is 2.46. The molecule has 37 heavy (non-hydrogen) atoms. The molecule has 5 aromatic rings. The Bertz CT molecular complexity index is 1880. The number of halogens is 2. The quantitative estimate of drug-likeness (QED) is 0.368. The van der Waals surface area contributed by atoms with Gasteiger partial charge in [0.15, 0.2) is 0 Å². The fraction of sp³-hybridized carbons (Fsp3) is 0.172. The maximum atomic E-state index is 15.4. The molecule has 0 saturated heterocycles. The van der Waals surface area contributed by atoms with Crippen molar-refractivity contribution in [1.82, 2.24) is 13.7 Å². The summed E-state index contributed by atoms with van der Waals surface area (Å²) >= 11 is 0. The van der Waals surface area contributed by atoms with Crippen LogP contribution in [0.5, 0.6) is 0 Å². The zero-order chi connectivity index (χ0) is 26.2. The van der Waals surface area contributed by atoms with Gasteiger partial charge in [-0.1, -0.05) is 30.3 Å². The van der Waals surface area contributed by atoms with E-state index in [-0.39, 0.29) is 10.9 Å². The Kier molecular flexibility index (Phi) is 4.98. The molecule has 0 radical (unpaired) electrons. The molecule has 1 aliphatic heterocycles. The van der Waals surface area contributed by atoms with Crippen molar-refractivity contribution in [3.63, 3.8) is 0 Å². The van der Waals surface area contributed by atoms with Crippen LogP contribution >= 0.6 is 0 Å². The molecule has 2 aromatic heterocycles.